The maximum atomic E-state index is 12.1. The molecule has 1 fully saturated rings. The first-order valence-corrected chi connectivity index (χ1v) is 5.86. The smallest absolute Gasteiger partial charge is 0.139 e. The average Bonchev–Trinajstić information content (AvgIpc) is 2.81. The third kappa shape index (κ3) is 1.50. The van der Waals surface area contributed by atoms with Crippen molar-refractivity contribution in [1.82, 2.24) is 0 Å². The summed E-state index contributed by atoms with van der Waals surface area (Å²) in [5.74, 6) is 1.86. The Hall–Kier alpha value is -1.11. The van der Waals surface area contributed by atoms with Crippen LogP contribution in [-0.2, 0) is 17.6 Å². The van der Waals surface area contributed by atoms with Gasteiger partial charge < -0.3 is 0 Å². The molecule has 15 heavy (non-hydrogen) atoms. The van der Waals surface area contributed by atoms with Gasteiger partial charge in [-0.05, 0) is 36.3 Å². The summed E-state index contributed by atoms with van der Waals surface area (Å²) in [6.07, 6.45) is 3.10. The van der Waals surface area contributed by atoms with Crippen LogP contribution in [0.3, 0.4) is 0 Å². The maximum absolute atomic E-state index is 12.1. The van der Waals surface area contributed by atoms with Crippen molar-refractivity contribution in [1.29, 1.82) is 0 Å². The number of fused-ring (bicyclic) bond motifs is 1. The zero-order chi connectivity index (χ0) is 10.4. The van der Waals surface area contributed by atoms with Crippen LogP contribution >= 0.6 is 0 Å². The Labute approximate surface area is 90.5 Å². The lowest BCUT2D eigenvalue weighted by molar-refractivity contribution is -0.124. The van der Waals surface area contributed by atoms with Crippen LogP contribution in [0.2, 0.25) is 0 Å². The Bertz CT molecular complexity index is 383. The standard InChI is InChI=1S/C14H16O/c1-9-6-13(9)14(15)12-7-10-4-2-3-5-11(10)8-12/h2-5,9,12-13H,6-8H2,1H3. The molecular weight excluding hydrogens is 184 g/mol. The number of ketones is 1. The number of rotatable bonds is 2. The van der Waals surface area contributed by atoms with E-state index in [2.05, 4.69) is 31.2 Å². The highest BCUT2D eigenvalue weighted by atomic mass is 16.1. The van der Waals surface area contributed by atoms with E-state index >= 15 is 0 Å². The van der Waals surface area contributed by atoms with Gasteiger partial charge in [0.2, 0.25) is 0 Å². The fourth-order valence-corrected chi connectivity index (χ4v) is 2.78. The molecule has 78 valence electrons. The molecule has 3 rings (SSSR count). The molecule has 0 N–H and O–H groups in total. The van der Waals surface area contributed by atoms with E-state index in [1.807, 2.05) is 0 Å². The first-order valence-electron chi connectivity index (χ1n) is 5.86. The van der Waals surface area contributed by atoms with Crippen LogP contribution in [0.4, 0.5) is 0 Å². The first-order chi connectivity index (χ1) is 7.25. The number of hydrogen-bond acceptors (Lipinski definition) is 1. The highest BCUT2D eigenvalue weighted by Gasteiger charge is 2.43. The first kappa shape index (κ1) is 9.14. The summed E-state index contributed by atoms with van der Waals surface area (Å²) in [5.41, 5.74) is 2.79. The molecule has 2 aliphatic rings. The van der Waals surface area contributed by atoms with Gasteiger partial charge in [-0.2, -0.15) is 0 Å². The molecule has 0 bridgehead atoms. The predicted molar refractivity (Wildman–Crippen MR) is 59.6 cm³/mol. The molecule has 0 aliphatic heterocycles. The van der Waals surface area contributed by atoms with E-state index in [1.165, 1.54) is 11.1 Å². The molecule has 1 saturated carbocycles. The number of carbonyl (C=O) groups excluding carboxylic acids is 1. The topological polar surface area (TPSA) is 17.1 Å². The fourth-order valence-electron chi connectivity index (χ4n) is 2.78. The highest BCUT2D eigenvalue weighted by molar-refractivity contribution is 5.87. The van der Waals surface area contributed by atoms with Crippen molar-refractivity contribution >= 4 is 5.78 Å². The van der Waals surface area contributed by atoms with E-state index in [0.29, 0.717) is 17.6 Å². The Kier molecular flexibility index (Phi) is 1.95. The van der Waals surface area contributed by atoms with Crippen LogP contribution in [0.5, 0.6) is 0 Å². The van der Waals surface area contributed by atoms with Gasteiger partial charge in [-0.3, -0.25) is 4.79 Å². The molecule has 1 aromatic carbocycles. The van der Waals surface area contributed by atoms with Gasteiger partial charge >= 0.3 is 0 Å². The number of hydrogen-bond donors (Lipinski definition) is 0. The molecule has 0 aromatic heterocycles. The fraction of sp³-hybridized carbons (Fsp3) is 0.500. The normalized spacial score (nSPS) is 28.9. The number of Topliss-reactive ketones (excluding diaryl/α,β-unsaturated/α-hetero) is 1. The summed E-state index contributed by atoms with van der Waals surface area (Å²) in [4.78, 5) is 12.1. The summed E-state index contributed by atoms with van der Waals surface area (Å²) in [6.45, 7) is 2.19. The lowest BCUT2D eigenvalue weighted by Crippen LogP contribution is -2.17. The SMILES string of the molecule is CC1CC1C(=O)C1Cc2ccccc2C1. The molecule has 1 nitrogen and oxygen atoms in total. The molecule has 2 atom stereocenters. The molecule has 0 heterocycles. The summed E-state index contributed by atoms with van der Waals surface area (Å²) in [6, 6.07) is 8.48. The van der Waals surface area contributed by atoms with E-state index in [1.54, 1.807) is 0 Å². The quantitative estimate of drug-likeness (QED) is 0.717. The monoisotopic (exact) mass is 200 g/mol. The second kappa shape index (κ2) is 3.19. The van der Waals surface area contributed by atoms with Crippen molar-refractivity contribution in [3.8, 4) is 0 Å². The molecule has 1 aromatic rings. The van der Waals surface area contributed by atoms with Gasteiger partial charge in [0.05, 0.1) is 0 Å². The summed E-state index contributed by atoms with van der Waals surface area (Å²) < 4.78 is 0. The molecule has 2 unspecified atom stereocenters. The molecular formula is C14H16O. The Morgan fingerprint density at radius 2 is 1.73 bits per heavy atom. The second-order valence-corrected chi connectivity index (χ2v) is 5.10. The van der Waals surface area contributed by atoms with Crippen molar-refractivity contribution in [3.63, 3.8) is 0 Å². The van der Waals surface area contributed by atoms with Gasteiger partial charge in [0.25, 0.3) is 0 Å². The Morgan fingerprint density at radius 1 is 1.20 bits per heavy atom. The van der Waals surface area contributed by atoms with Crippen molar-refractivity contribution < 1.29 is 4.79 Å². The van der Waals surface area contributed by atoms with Crippen LogP contribution in [0.1, 0.15) is 24.5 Å². The van der Waals surface area contributed by atoms with Gasteiger partial charge in [0.15, 0.2) is 0 Å². The zero-order valence-corrected chi connectivity index (χ0v) is 9.07. The van der Waals surface area contributed by atoms with Gasteiger partial charge in [0.1, 0.15) is 5.78 Å². The second-order valence-electron chi connectivity index (χ2n) is 5.10. The van der Waals surface area contributed by atoms with E-state index in [4.69, 9.17) is 0 Å². The third-order valence-electron chi connectivity index (χ3n) is 3.93. The van der Waals surface area contributed by atoms with Gasteiger partial charge in [-0.1, -0.05) is 31.2 Å². The molecule has 0 amide bonds. The van der Waals surface area contributed by atoms with Crippen LogP contribution in [0.15, 0.2) is 24.3 Å². The third-order valence-corrected chi connectivity index (χ3v) is 3.93. The van der Waals surface area contributed by atoms with E-state index in [0.717, 1.165) is 19.3 Å². The molecule has 0 saturated heterocycles. The maximum Gasteiger partial charge on any atom is 0.139 e. The molecule has 1 heteroatoms. The lowest BCUT2D eigenvalue weighted by atomic mass is 9.97. The van der Waals surface area contributed by atoms with Crippen LogP contribution in [0.25, 0.3) is 0 Å². The summed E-state index contributed by atoms with van der Waals surface area (Å²) in [5, 5.41) is 0. The van der Waals surface area contributed by atoms with Crippen molar-refractivity contribution in [3.05, 3.63) is 35.4 Å². The van der Waals surface area contributed by atoms with Crippen molar-refractivity contribution in [2.45, 2.75) is 26.2 Å². The predicted octanol–water partition coefficient (Wildman–Crippen LogP) is 2.63. The summed E-state index contributed by atoms with van der Waals surface area (Å²) >= 11 is 0. The van der Waals surface area contributed by atoms with Gasteiger partial charge in [-0.25, -0.2) is 0 Å². The van der Waals surface area contributed by atoms with Crippen LogP contribution in [0, 0.1) is 17.8 Å². The molecule has 0 radical (unpaired) electrons. The van der Waals surface area contributed by atoms with Crippen LogP contribution < -0.4 is 0 Å². The number of benzene rings is 1. The van der Waals surface area contributed by atoms with Gasteiger partial charge in [0, 0.05) is 11.8 Å². The van der Waals surface area contributed by atoms with E-state index in [9.17, 15) is 4.79 Å². The minimum atomic E-state index is 0.289. The van der Waals surface area contributed by atoms with Crippen molar-refractivity contribution in [2.75, 3.05) is 0 Å². The lowest BCUT2D eigenvalue weighted by Gasteiger charge is -2.06. The Balaban J connectivity index is 1.76. The minimum Gasteiger partial charge on any atom is -0.299 e. The Morgan fingerprint density at radius 3 is 2.20 bits per heavy atom. The largest absolute Gasteiger partial charge is 0.299 e. The number of carbonyl (C=O) groups is 1. The minimum absolute atomic E-state index is 0.289. The van der Waals surface area contributed by atoms with E-state index in [-0.39, 0.29) is 5.92 Å². The van der Waals surface area contributed by atoms with Gasteiger partial charge in [-0.15, -0.1) is 0 Å². The molecule has 2 aliphatic carbocycles. The van der Waals surface area contributed by atoms with E-state index < -0.39 is 0 Å². The summed E-state index contributed by atoms with van der Waals surface area (Å²) in [7, 11) is 0. The zero-order valence-electron chi connectivity index (χ0n) is 9.07. The molecule has 0 spiro atoms. The van der Waals surface area contributed by atoms with Crippen molar-refractivity contribution in [2.24, 2.45) is 17.8 Å². The highest BCUT2D eigenvalue weighted by Crippen LogP contribution is 2.42. The van der Waals surface area contributed by atoms with Crippen LogP contribution in [-0.4, -0.2) is 5.78 Å². The average molecular weight is 200 g/mol.